The Morgan fingerprint density at radius 1 is 1.15 bits per heavy atom. The fourth-order valence-electron chi connectivity index (χ4n) is 2.37. The summed E-state index contributed by atoms with van der Waals surface area (Å²) in [5, 5.41) is 4.44. The molecule has 0 fully saturated rings. The Morgan fingerprint density at radius 2 is 1.85 bits per heavy atom. The van der Waals surface area contributed by atoms with Gasteiger partial charge in [-0.3, -0.25) is 0 Å². The van der Waals surface area contributed by atoms with E-state index in [9.17, 15) is 0 Å². The monoisotopic (exact) mass is 292 g/mol. The minimum atomic E-state index is 0.744. The molecule has 0 bridgehead atoms. The predicted molar refractivity (Wildman–Crippen MR) is 89.1 cm³/mol. The third kappa shape index (κ3) is 3.20. The summed E-state index contributed by atoms with van der Waals surface area (Å²) < 4.78 is 0. The molecule has 0 saturated heterocycles. The molecule has 0 aliphatic rings. The molecule has 110 valence electrons. The quantitative estimate of drug-likeness (QED) is 0.835. The smallest absolute Gasteiger partial charge is 0.226 e. The van der Waals surface area contributed by atoms with Crippen LogP contribution in [0.5, 0.6) is 0 Å². The van der Waals surface area contributed by atoms with Crippen molar-refractivity contribution >= 4 is 33.3 Å². The van der Waals surface area contributed by atoms with Gasteiger partial charge in [0.05, 0.1) is 5.39 Å². The average Bonchev–Trinajstić information content (AvgIpc) is 2.78. The second-order valence-corrected chi connectivity index (χ2v) is 6.20. The zero-order chi connectivity index (χ0) is 14.5. The van der Waals surface area contributed by atoms with Gasteiger partial charge in [-0.05, 0) is 32.8 Å². The summed E-state index contributed by atoms with van der Waals surface area (Å²) in [6.45, 7) is 11.6. The molecule has 0 saturated carbocycles. The first-order chi connectivity index (χ1) is 9.69. The van der Waals surface area contributed by atoms with E-state index in [1.165, 1.54) is 10.3 Å². The topological polar surface area (TPSA) is 41.1 Å². The third-order valence-electron chi connectivity index (χ3n) is 3.12. The normalized spacial score (nSPS) is 11.0. The molecule has 0 aliphatic carbocycles. The molecule has 2 aromatic rings. The van der Waals surface area contributed by atoms with Crippen LogP contribution in [0.3, 0.4) is 0 Å². The molecule has 0 aromatic carbocycles. The van der Waals surface area contributed by atoms with Crippen LogP contribution in [0.15, 0.2) is 6.07 Å². The van der Waals surface area contributed by atoms with Crippen LogP contribution in [0.25, 0.3) is 10.2 Å². The Kier molecular flexibility index (Phi) is 5.17. The number of hydrogen-bond acceptors (Lipinski definition) is 5. The van der Waals surface area contributed by atoms with Crippen molar-refractivity contribution in [1.82, 2.24) is 9.97 Å². The summed E-state index contributed by atoms with van der Waals surface area (Å²) in [6, 6.07) is 2.21. The van der Waals surface area contributed by atoms with E-state index in [2.05, 4.69) is 49.0 Å². The van der Waals surface area contributed by atoms with Crippen LogP contribution in [-0.2, 0) is 0 Å². The largest absolute Gasteiger partial charge is 0.356 e. The fourth-order valence-corrected chi connectivity index (χ4v) is 3.24. The highest BCUT2D eigenvalue weighted by Gasteiger charge is 2.15. The highest BCUT2D eigenvalue weighted by Crippen LogP contribution is 2.31. The van der Waals surface area contributed by atoms with Gasteiger partial charge < -0.3 is 10.2 Å². The van der Waals surface area contributed by atoms with Gasteiger partial charge in [0.15, 0.2) is 0 Å². The molecule has 0 aliphatic heterocycles. The first kappa shape index (κ1) is 15.0. The van der Waals surface area contributed by atoms with E-state index in [1.54, 1.807) is 11.3 Å². The van der Waals surface area contributed by atoms with E-state index < -0.39 is 0 Å². The van der Waals surface area contributed by atoms with Crippen LogP contribution in [0.4, 0.5) is 11.8 Å². The van der Waals surface area contributed by atoms with E-state index in [0.29, 0.717) is 0 Å². The Labute approximate surface area is 125 Å². The number of nitrogens with zero attached hydrogens (tertiary/aromatic N) is 3. The number of nitrogens with one attached hydrogen (secondary N) is 1. The predicted octanol–water partition coefficient (Wildman–Crippen LogP) is 4.06. The number of thiophene rings is 1. The van der Waals surface area contributed by atoms with Crippen molar-refractivity contribution in [3.63, 3.8) is 0 Å². The molecule has 5 heteroatoms. The molecule has 0 amide bonds. The standard InChI is InChI=1S/C15H24N4S/c1-5-8-19(9-6-2)13-12-10-11(4)20-14(12)18-15(17-13)16-7-3/h10H,5-9H2,1-4H3,(H,16,17,18). The van der Waals surface area contributed by atoms with E-state index in [0.717, 1.165) is 49.1 Å². The highest BCUT2D eigenvalue weighted by atomic mass is 32.1. The third-order valence-corrected chi connectivity index (χ3v) is 4.06. The molecule has 0 radical (unpaired) electrons. The Balaban J connectivity index is 2.51. The van der Waals surface area contributed by atoms with Crippen LogP contribution < -0.4 is 10.2 Å². The van der Waals surface area contributed by atoms with Crippen molar-refractivity contribution < 1.29 is 0 Å². The summed E-state index contributed by atoms with van der Waals surface area (Å²) in [4.78, 5) is 14.1. The lowest BCUT2D eigenvalue weighted by molar-refractivity contribution is 0.737. The van der Waals surface area contributed by atoms with Crippen molar-refractivity contribution in [2.45, 2.75) is 40.5 Å². The van der Waals surface area contributed by atoms with Gasteiger partial charge in [-0.15, -0.1) is 11.3 Å². The maximum Gasteiger partial charge on any atom is 0.226 e. The second kappa shape index (κ2) is 6.88. The summed E-state index contributed by atoms with van der Waals surface area (Å²) in [5.74, 6) is 1.83. The molecule has 0 atom stereocenters. The lowest BCUT2D eigenvalue weighted by atomic mass is 10.3. The summed E-state index contributed by atoms with van der Waals surface area (Å²) in [5.41, 5.74) is 0. The summed E-state index contributed by atoms with van der Waals surface area (Å²) in [7, 11) is 0. The molecule has 2 aromatic heterocycles. The Morgan fingerprint density at radius 3 is 2.45 bits per heavy atom. The minimum Gasteiger partial charge on any atom is -0.356 e. The van der Waals surface area contributed by atoms with E-state index in [4.69, 9.17) is 4.98 Å². The molecular weight excluding hydrogens is 268 g/mol. The SMILES string of the molecule is CCCN(CCC)c1nc(NCC)nc2sc(C)cc12. The first-order valence-electron chi connectivity index (χ1n) is 7.46. The van der Waals surface area contributed by atoms with Gasteiger partial charge in [-0.25, -0.2) is 4.98 Å². The van der Waals surface area contributed by atoms with Gasteiger partial charge in [0.25, 0.3) is 0 Å². The fraction of sp³-hybridized carbons (Fsp3) is 0.600. The Bertz CT molecular complexity index is 558. The molecule has 20 heavy (non-hydrogen) atoms. The maximum atomic E-state index is 4.75. The Hall–Kier alpha value is -1.36. The van der Waals surface area contributed by atoms with Gasteiger partial charge in [0.1, 0.15) is 10.6 Å². The van der Waals surface area contributed by atoms with Crippen LogP contribution in [0.1, 0.15) is 38.5 Å². The molecule has 2 rings (SSSR count). The maximum absolute atomic E-state index is 4.75. The van der Waals surface area contributed by atoms with E-state index in [1.807, 2.05) is 0 Å². The molecule has 0 spiro atoms. The minimum absolute atomic E-state index is 0.744. The number of rotatable bonds is 7. The number of aryl methyl sites for hydroxylation is 1. The van der Waals surface area contributed by atoms with Crippen molar-refractivity contribution in [2.75, 3.05) is 29.9 Å². The summed E-state index contributed by atoms with van der Waals surface area (Å²) >= 11 is 1.74. The molecule has 2 heterocycles. The molecular formula is C15H24N4S. The van der Waals surface area contributed by atoms with E-state index >= 15 is 0 Å². The average molecular weight is 292 g/mol. The number of hydrogen-bond donors (Lipinski definition) is 1. The van der Waals surface area contributed by atoms with Gasteiger partial charge in [0.2, 0.25) is 5.95 Å². The van der Waals surface area contributed by atoms with Crippen LogP contribution in [0, 0.1) is 6.92 Å². The number of fused-ring (bicyclic) bond motifs is 1. The van der Waals surface area contributed by atoms with Crippen molar-refractivity contribution in [1.29, 1.82) is 0 Å². The summed E-state index contributed by atoms with van der Waals surface area (Å²) in [6.07, 6.45) is 2.26. The molecule has 1 N–H and O–H groups in total. The molecule has 4 nitrogen and oxygen atoms in total. The van der Waals surface area contributed by atoms with E-state index in [-0.39, 0.29) is 0 Å². The number of anilines is 2. The van der Waals surface area contributed by atoms with Gasteiger partial charge in [0, 0.05) is 24.5 Å². The van der Waals surface area contributed by atoms with Crippen molar-refractivity contribution in [3.05, 3.63) is 10.9 Å². The van der Waals surface area contributed by atoms with Crippen LogP contribution in [-0.4, -0.2) is 29.6 Å². The van der Waals surface area contributed by atoms with Gasteiger partial charge >= 0.3 is 0 Å². The highest BCUT2D eigenvalue weighted by molar-refractivity contribution is 7.18. The number of aromatic nitrogens is 2. The zero-order valence-corrected chi connectivity index (χ0v) is 13.7. The van der Waals surface area contributed by atoms with Crippen molar-refractivity contribution in [3.8, 4) is 0 Å². The molecule has 0 unspecified atom stereocenters. The lowest BCUT2D eigenvalue weighted by Crippen LogP contribution is -2.26. The van der Waals surface area contributed by atoms with Crippen LogP contribution >= 0.6 is 11.3 Å². The second-order valence-electron chi connectivity index (χ2n) is 4.96. The van der Waals surface area contributed by atoms with Crippen LogP contribution in [0.2, 0.25) is 0 Å². The zero-order valence-electron chi connectivity index (χ0n) is 12.9. The first-order valence-corrected chi connectivity index (χ1v) is 8.28. The van der Waals surface area contributed by atoms with Crippen molar-refractivity contribution in [2.24, 2.45) is 0 Å². The lowest BCUT2D eigenvalue weighted by Gasteiger charge is -2.23. The van der Waals surface area contributed by atoms with Gasteiger partial charge in [-0.2, -0.15) is 4.98 Å². The van der Waals surface area contributed by atoms with Gasteiger partial charge in [-0.1, -0.05) is 13.8 Å².